The number of benzene rings is 2. The Morgan fingerprint density at radius 2 is 1.54 bits per heavy atom. The molecule has 0 saturated carbocycles. The van der Waals surface area contributed by atoms with Crippen LogP contribution >= 0.6 is 15.9 Å². The molecule has 0 aromatic heterocycles. The van der Waals surface area contributed by atoms with Crippen LogP contribution in [0.5, 0.6) is 11.5 Å². The maximum Gasteiger partial charge on any atom is 0.258 e. The molecule has 24 heavy (non-hydrogen) atoms. The zero-order chi connectivity index (χ0) is 18.2. The molecule has 0 bridgehead atoms. The van der Waals surface area contributed by atoms with Crippen molar-refractivity contribution in [2.45, 2.75) is 58.2 Å². The number of hydrogen-bond donors (Lipinski definition) is 1. The maximum atomic E-state index is 13.7. The third-order valence-electron chi connectivity index (χ3n) is 4.96. The minimum Gasteiger partial charge on any atom is -0.543 e. The fourth-order valence-corrected chi connectivity index (χ4v) is 9.76. The van der Waals surface area contributed by atoms with Crippen molar-refractivity contribution in [1.29, 1.82) is 0 Å². The molecule has 132 valence electrons. The molecular formula is C19H26BrFO2Si. The van der Waals surface area contributed by atoms with Crippen LogP contribution in [0.1, 0.15) is 41.5 Å². The highest BCUT2D eigenvalue weighted by atomic mass is 79.9. The van der Waals surface area contributed by atoms with Gasteiger partial charge in [-0.3, -0.25) is 0 Å². The molecule has 0 atom stereocenters. The molecule has 2 nitrogen and oxygen atoms in total. The monoisotopic (exact) mass is 412 g/mol. The second kappa shape index (κ2) is 7.04. The van der Waals surface area contributed by atoms with Crippen molar-refractivity contribution < 1.29 is 13.9 Å². The summed E-state index contributed by atoms with van der Waals surface area (Å²) >= 11 is 3.22. The Labute approximate surface area is 153 Å². The minimum absolute atomic E-state index is 0.0352. The van der Waals surface area contributed by atoms with Crippen LogP contribution in [0.15, 0.2) is 28.7 Å². The molecule has 5 heteroatoms. The standard InChI is InChI=1S/C19H26BrFO2Si/c1-11(2)24(12(3)4,13(5)6)23-15-9-14-7-8-16(21)19(20)18(14)17(22)10-15/h7-13,22H,1-6H3. The molecule has 0 saturated heterocycles. The Morgan fingerprint density at radius 3 is 2.04 bits per heavy atom. The van der Waals surface area contributed by atoms with Crippen molar-refractivity contribution in [2.24, 2.45) is 0 Å². The van der Waals surface area contributed by atoms with Crippen LogP contribution in [0, 0.1) is 5.82 Å². The Kier molecular flexibility index (Phi) is 5.65. The van der Waals surface area contributed by atoms with E-state index < -0.39 is 8.32 Å². The van der Waals surface area contributed by atoms with Crippen molar-refractivity contribution >= 4 is 35.0 Å². The van der Waals surface area contributed by atoms with Crippen molar-refractivity contribution in [3.05, 3.63) is 34.6 Å². The van der Waals surface area contributed by atoms with Gasteiger partial charge in [-0.05, 0) is 50.1 Å². The smallest absolute Gasteiger partial charge is 0.258 e. The quantitative estimate of drug-likeness (QED) is 0.535. The third-order valence-corrected chi connectivity index (χ3v) is 11.7. The highest BCUT2D eigenvalue weighted by Crippen LogP contribution is 2.44. The molecule has 0 aliphatic carbocycles. The van der Waals surface area contributed by atoms with E-state index in [4.69, 9.17) is 4.43 Å². The Morgan fingerprint density at radius 1 is 1.00 bits per heavy atom. The van der Waals surface area contributed by atoms with Gasteiger partial charge >= 0.3 is 0 Å². The molecule has 0 aliphatic rings. The van der Waals surface area contributed by atoms with Gasteiger partial charge < -0.3 is 9.53 Å². The summed E-state index contributed by atoms with van der Waals surface area (Å²) in [5.41, 5.74) is 1.32. The van der Waals surface area contributed by atoms with Crippen LogP contribution in [-0.4, -0.2) is 13.4 Å². The Hall–Kier alpha value is -1.07. The first-order valence-electron chi connectivity index (χ1n) is 8.41. The number of rotatable bonds is 5. The van der Waals surface area contributed by atoms with Gasteiger partial charge in [-0.15, -0.1) is 0 Å². The van der Waals surface area contributed by atoms with Gasteiger partial charge in [0.25, 0.3) is 8.32 Å². The largest absolute Gasteiger partial charge is 0.543 e. The van der Waals surface area contributed by atoms with E-state index in [1.54, 1.807) is 12.1 Å². The molecule has 0 fully saturated rings. The summed E-state index contributed by atoms with van der Waals surface area (Å²) in [5.74, 6) is 0.316. The van der Waals surface area contributed by atoms with Gasteiger partial charge in [-0.2, -0.15) is 0 Å². The van der Waals surface area contributed by atoms with Crippen LogP contribution in [0.25, 0.3) is 10.8 Å². The lowest BCUT2D eigenvalue weighted by Gasteiger charge is -2.42. The second-order valence-corrected chi connectivity index (χ2v) is 13.5. The van der Waals surface area contributed by atoms with E-state index in [1.807, 2.05) is 6.07 Å². The van der Waals surface area contributed by atoms with E-state index in [0.29, 0.717) is 27.8 Å². The number of phenols is 1. The summed E-state index contributed by atoms with van der Waals surface area (Å²) in [6, 6.07) is 6.58. The first kappa shape index (κ1) is 19.3. The lowest BCUT2D eigenvalue weighted by atomic mass is 10.1. The van der Waals surface area contributed by atoms with Gasteiger partial charge in [0.15, 0.2) is 0 Å². The van der Waals surface area contributed by atoms with Crippen molar-refractivity contribution in [1.82, 2.24) is 0 Å². The van der Waals surface area contributed by atoms with Crippen LogP contribution in [0.3, 0.4) is 0 Å². The molecule has 0 spiro atoms. The number of phenolic OH excluding ortho intramolecular Hbond substituents is 1. The van der Waals surface area contributed by atoms with Crippen LogP contribution in [0.2, 0.25) is 16.6 Å². The highest BCUT2D eigenvalue weighted by Gasteiger charge is 2.47. The lowest BCUT2D eigenvalue weighted by molar-refractivity contribution is 0.460. The topological polar surface area (TPSA) is 29.5 Å². The van der Waals surface area contributed by atoms with Gasteiger partial charge in [0.05, 0.1) is 4.47 Å². The zero-order valence-electron chi connectivity index (χ0n) is 15.2. The predicted octanol–water partition coefficient (Wildman–Crippen LogP) is 7.00. The molecule has 0 radical (unpaired) electrons. The normalized spacial score (nSPS) is 12.6. The van der Waals surface area contributed by atoms with Crippen molar-refractivity contribution in [2.75, 3.05) is 0 Å². The molecule has 0 heterocycles. The van der Waals surface area contributed by atoms with E-state index in [2.05, 4.69) is 57.5 Å². The summed E-state index contributed by atoms with van der Waals surface area (Å²) < 4.78 is 20.6. The molecule has 1 N–H and O–H groups in total. The molecule has 0 aliphatic heterocycles. The average Bonchev–Trinajstić information content (AvgIpc) is 2.47. The average molecular weight is 413 g/mol. The van der Waals surface area contributed by atoms with Crippen molar-refractivity contribution in [3.8, 4) is 11.5 Å². The number of aromatic hydroxyl groups is 1. The summed E-state index contributed by atoms with van der Waals surface area (Å²) in [5, 5.41) is 11.7. The number of halogens is 2. The highest BCUT2D eigenvalue weighted by molar-refractivity contribution is 9.10. The van der Waals surface area contributed by atoms with Gasteiger partial charge in [0.1, 0.15) is 17.3 Å². The van der Waals surface area contributed by atoms with Crippen molar-refractivity contribution in [3.63, 3.8) is 0 Å². The number of fused-ring (bicyclic) bond motifs is 1. The SMILES string of the molecule is CC(C)[Si](Oc1cc(O)c2c(Br)c(F)ccc2c1)(C(C)C)C(C)C. The van der Waals surface area contributed by atoms with Gasteiger partial charge in [-0.1, -0.05) is 47.6 Å². The fourth-order valence-electron chi connectivity index (χ4n) is 3.96. The predicted molar refractivity (Wildman–Crippen MR) is 105 cm³/mol. The summed E-state index contributed by atoms with van der Waals surface area (Å²) in [6.45, 7) is 13.3. The van der Waals surface area contributed by atoms with Crippen LogP contribution in [-0.2, 0) is 0 Å². The first-order chi connectivity index (χ1) is 11.1. The zero-order valence-corrected chi connectivity index (χ0v) is 17.7. The minimum atomic E-state index is -2.10. The summed E-state index contributed by atoms with van der Waals surface area (Å²) in [7, 11) is -2.10. The third kappa shape index (κ3) is 3.20. The Bertz CT molecular complexity index is 722. The molecule has 2 aromatic carbocycles. The summed E-state index contributed by atoms with van der Waals surface area (Å²) in [6.07, 6.45) is 0. The fraction of sp³-hybridized carbons (Fsp3) is 0.474. The van der Waals surface area contributed by atoms with Gasteiger partial charge in [-0.25, -0.2) is 4.39 Å². The molecular weight excluding hydrogens is 387 g/mol. The van der Waals surface area contributed by atoms with E-state index >= 15 is 0 Å². The van der Waals surface area contributed by atoms with E-state index in [0.717, 1.165) is 5.39 Å². The summed E-state index contributed by atoms with van der Waals surface area (Å²) in [4.78, 5) is 0. The van der Waals surface area contributed by atoms with E-state index in [-0.39, 0.29) is 16.0 Å². The maximum absolute atomic E-state index is 13.7. The lowest BCUT2D eigenvalue weighted by Crippen LogP contribution is -2.50. The first-order valence-corrected chi connectivity index (χ1v) is 11.3. The van der Waals surface area contributed by atoms with E-state index in [9.17, 15) is 9.50 Å². The van der Waals surface area contributed by atoms with Gasteiger partial charge in [0.2, 0.25) is 0 Å². The molecule has 0 amide bonds. The van der Waals surface area contributed by atoms with Crippen LogP contribution in [0.4, 0.5) is 4.39 Å². The van der Waals surface area contributed by atoms with Crippen LogP contribution < -0.4 is 4.43 Å². The molecule has 2 aromatic rings. The van der Waals surface area contributed by atoms with Gasteiger partial charge in [0, 0.05) is 11.5 Å². The second-order valence-electron chi connectivity index (χ2n) is 7.32. The molecule has 0 unspecified atom stereocenters. The van der Waals surface area contributed by atoms with E-state index in [1.165, 1.54) is 6.07 Å². The Balaban J connectivity index is 2.58. The molecule has 2 rings (SSSR count). The number of hydrogen-bond acceptors (Lipinski definition) is 2.